The Kier molecular flexibility index (Phi) is 1.28. The average molecular weight is 146 g/mol. The zero-order valence-electron chi connectivity index (χ0n) is 5.82. The second kappa shape index (κ2) is 2.27. The van der Waals surface area contributed by atoms with E-state index >= 15 is 0 Å². The van der Waals surface area contributed by atoms with Gasteiger partial charge in [0.05, 0.1) is 6.54 Å². The predicted molar refractivity (Wildman–Crippen MR) is 40.9 cm³/mol. The third-order valence-corrected chi connectivity index (χ3v) is 1.66. The SMILES string of the molecule is O=Cc1cc2c(cn1)CN=C2. The summed E-state index contributed by atoms with van der Waals surface area (Å²) in [5.41, 5.74) is 2.58. The molecule has 0 aliphatic carbocycles. The number of hydrogen-bond acceptors (Lipinski definition) is 3. The summed E-state index contributed by atoms with van der Waals surface area (Å²) in [7, 11) is 0. The van der Waals surface area contributed by atoms with E-state index in [9.17, 15) is 4.79 Å². The first-order valence-corrected chi connectivity index (χ1v) is 3.34. The Balaban J connectivity index is 2.55. The lowest BCUT2D eigenvalue weighted by atomic mass is 10.1. The van der Waals surface area contributed by atoms with Crippen LogP contribution in [-0.2, 0) is 6.54 Å². The lowest BCUT2D eigenvalue weighted by molar-refractivity contribution is 0.111. The quantitative estimate of drug-likeness (QED) is 0.550. The molecule has 1 aliphatic rings. The molecule has 0 aromatic carbocycles. The number of hydrogen-bond donors (Lipinski definition) is 0. The second-order valence-corrected chi connectivity index (χ2v) is 2.40. The lowest BCUT2D eigenvalue weighted by Crippen LogP contribution is -1.91. The molecule has 0 spiro atoms. The zero-order valence-corrected chi connectivity index (χ0v) is 5.82. The number of rotatable bonds is 1. The molecular weight excluding hydrogens is 140 g/mol. The number of aldehydes is 1. The summed E-state index contributed by atoms with van der Waals surface area (Å²) < 4.78 is 0. The van der Waals surface area contributed by atoms with Crippen molar-refractivity contribution in [2.24, 2.45) is 4.99 Å². The third-order valence-electron chi connectivity index (χ3n) is 1.66. The fourth-order valence-electron chi connectivity index (χ4n) is 1.08. The van der Waals surface area contributed by atoms with Crippen LogP contribution in [0.3, 0.4) is 0 Å². The van der Waals surface area contributed by atoms with Crippen molar-refractivity contribution in [3.8, 4) is 0 Å². The number of carbonyl (C=O) groups excluding carboxylic acids is 1. The van der Waals surface area contributed by atoms with Gasteiger partial charge in [-0.15, -0.1) is 0 Å². The number of nitrogens with zero attached hydrogens (tertiary/aromatic N) is 2. The summed E-state index contributed by atoms with van der Waals surface area (Å²) >= 11 is 0. The first kappa shape index (κ1) is 6.22. The first-order valence-electron chi connectivity index (χ1n) is 3.34. The monoisotopic (exact) mass is 146 g/mol. The van der Waals surface area contributed by atoms with E-state index in [1.54, 1.807) is 18.5 Å². The molecule has 1 aliphatic heterocycles. The predicted octanol–water partition coefficient (Wildman–Crippen LogP) is 0.827. The topological polar surface area (TPSA) is 42.3 Å². The molecule has 2 heterocycles. The van der Waals surface area contributed by atoms with Crippen molar-refractivity contribution in [1.82, 2.24) is 4.98 Å². The third kappa shape index (κ3) is 0.941. The Morgan fingerprint density at radius 3 is 3.27 bits per heavy atom. The molecule has 0 amide bonds. The van der Waals surface area contributed by atoms with Gasteiger partial charge in [0.25, 0.3) is 0 Å². The Morgan fingerprint density at radius 1 is 1.55 bits per heavy atom. The van der Waals surface area contributed by atoms with Gasteiger partial charge >= 0.3 is 0 Å². The minimum absolute atomic E-state index is 0.470. The van der Waals surface area contributed by atoms with Crippen molar-refractivity contribution in [1.29, 1.82) is 0 Å². The summed E-state index contributed by atoms with van der Waals surface area (Å²) in [5.74, 6) is 0. The molecule has 0 bridgehead atoms. The van der Waals surface area contributed by atoms with Crippen LogP contribution in [0.4, 0.5) is 0 Å². The van der Waals surface area contributed by atoms with Gasteiger partial charge in [0.2, 0.25) is 0 Å². The minimum Gasteiger partial charge on any atom is -0.296 e. The minimum atomic E-state index is 0.470. The van der Waals surface area contributed by atoms with Gasteiger partial charge < -0.3 is 0 Å². The molecule has 3 nitrogen and oxygen atoms in total. The van der Waals surface area contributed by atoms with Gasteiger partial charge in [-0.3, -0.25) is 14.8 Å². The average Bonchev–Trinajstić information content (AvgIpc) is 2.50. The van der Waals surface area contributed by atoms with E-state index in [0.29, 0.717) is 12.2 Å². The van der Waals surface area contributed by atoms with E-state index in [2.05, 4.69) is 9.98 Å². The molecule has 1 aromatic rings. The summed E-state index contributed by atoms with van der Waals surface area (Å²) in [6.45, 7) is 0.696. The highest BCUT2D eigenvalue weighted by Crippen LogP contribution is 2.12. The van der Waals surface area contributed by atoms with Crippen molar-refractivity contribution in [2.75, 3.05) is 0 Å². The van der Waals surface area contributed by atoms with Crippen LogP contribution in [0.2, 0.25) is 0 Å². The zero-order chi connectivity index (χ0) is 7.68. The molecule has 54 valence electrons. The van der Waals surface area contributed by atoms with Gasteiger partial charge in [-0.1, -0.05) is 0 Å². The highest BCUT2D eigenvalue weighted by atomic mass is 16.1. The lowest BCUT2D eigenvalue weighted by Gasteiger charge is -1.94. The van der Waals surface area contributed by atoms with Gasteiger partial charge in [0.15, 0.2) is 6.29 Å². The Hall–Kier alpha value is -1.51. The molecule has 0 saturated heterocycles. The van der Waals surface area contributed by atoms with Crippen LogP contribution in [0, 0.1) is 0 Å². The molecule has 11 heavy (non-hydrogen) atoms. The second-order valence-electron chi connectivity index (χ2n) is 2.40. The Labute approximate surface area is 63.8 Å². The van der Waals surface area contributed by atoms with Crippen LogP contribution in [0.15, 0.2) is 17.3 Å². The van der Waals surface area contributed by atoms with Crippen LogP contribution in [-0.4, -0.2) is 17.5 Å². The normalized spacial score (nSPS) is 13.1. The molecule has 0 fully saturated rings. The van der Waals surface area contributed by atoms with E-state index < -0.39 is 0 Å². The maximum atomic E-state index is 10.3. The maximum Gasteiger partial charge on any atom is 0.168 e. The molecule has 1 aromatic heterocycles. The number of carbonyl (C=O) groups is 1. The van der Waals surface area contributed by atoms with Crippen molar-refractivity contribution >= 4 is 12.5 Å². The molecule has 0 saturated carbocycles. The number of pyridine rings is 1. The van der Waals surface area contributed by atoms with E-state index in [4.69, 9.17) is 0 Å². The van der Waals surface area contributed by atoms with E-state index in [1.807, 2.05) is 0 Å². The molecule has 2 rings (SSSR count). The molecule has 0 N–H and O–H groups in total. The van der Waals surface area contributed by atoms with Gasteiger partial charge in [-0.25, -0.2) is 0 Å². The molecular formula is C8H6N2O. The molecule has 0 atom stereocenters. The van der Waals surface area contributed by atoms with Crippen LogP contribution in [0.5, 0.6) is 0 Å². The fourth-order valence-corrected chi connectivity index (χ4v) is 1.08. The van der Waals surface area contributed by atoms with Gasteiger partial charge in [0, 0.05) is 23.5 Å². The number of aromatic nitrogens is 1. The smallest absolute Gasteiger partial charge is 0.168 e. The summed E-state index contributed by atoms with van der Waals surface area (Å²) in [6, 6.07) is 1.75. The Bertz CT molecular complexity index is 331. The van der Waals surface area contributed by atoms with Crippen LogP contribution in [0.25, 0.3) is 0 Å². The van der Waals surface area contributed by atoms with Crippen molar-refractivity contribution < 1.29 is 4.79 Å². The van der Waals surface area contributed by atoms with Crippen LogP contribution < -0.4 is 0 Å². The summed E-state index contributed by atoms with van der Waals surface area (Å²) in [5, 5.41) is 0. The molecule has 0 radical (unpaired) electrons. The maximum absolute atomic E-state index is 10.3. The van der Waals surface area contributed by atoms with Crippen LogP contribution in [0.1, 0.15) is 21.6 Å². The summed E-state index contributed by atoms with van der Waals surface area (Å²) in [6.07, 6.45) is 4.21. The van der Waals surface area contributed by atoms with E-state index in [1.165, 1.54) is 0 Å². The van der Waals surface area contributed by atoms with Gasteiger partial charge in [-0.05, 0) is 6.07 Å². The number of aliphatic imine (C=N–C) groups is 1. The Morgan fingerprint density at radius 2 is 2.45 bits per heavy atom. The van der Waals surface area contributed by atoms with Gasteiger partial charge in [0.1, 0.15) is 5.69 Å². The van der Waals surface area contributed by atoms with Crippen molar-refractivity contribution in [3.63, 3.8) is 0 Å². The molecule has 3 heteroatoms. The molecule has 0 unspecified atom stereocenters. The van der Waals surface area contributed by atoms with Crippen molar-refractivity contribution in [3.05, 3.63) is 29.1 Å². The number of fused-ring (bicyclic) bond motifs is 1. The van der Waals surface area contributed by atoms with E-state index in [-0.39, 0.29) is 0 Å². The summed E-state index contributed by atoms with van der Waals surface area (Å²) in [4.78, 5) is 18.3. The fraction of sp³-hybridized carbons (Fsp3) is 0.125. The first-order chi connectivity index (χ1) is 5.40. The van der Waals surface area contributed by atoms with Gasteiger partial charge in [-0.2, -0.15) is 0 Å². The van der Waals surface area contributed by atoms with Crippen molar-refractivity contribution in [2.45, 2.75) is 6.54 Å². The highest BCUT2D eigenvalue weighted by molar-refractivity contribution is 5.86. The highest BCUT2D eigenvalue weighted by Gasteiger charge is 2.06. The van der Waals surface area contributed by atoms with E-state index in [0.717, 1.165) is 17.4 Å². The standard InChI is InChI=1S/C8H6N2O/c11-5-8-1-6-2-9-3-7(6)4-10-8/h1-2,4-5H,3H2. The largest absolute Gasteiger partial charge is 0.296 e. The van der Waals surface area contributed by atoms with Crippen LogP contribution >= 0.6 is 0 Å².